The molecule has 9 heteroatoms. The molecule has 3 aromatic carbocycles. The van der Waals surface area contributed by atoms with Gasteiger partial charge in [0.1, 0.15) is 19.3 Å². The van der Waals surface area contributed by atoms with E-state index < -0.39 is 34.9 Å². The van der Waals surface area contributed by atoms with Crippen LogP contribution in [0.15, 0.2) is 101 Å². The molecule has 0 radical (unpaired) electrons. The van der Waals surface area contributed by atoms with E-state index in [0.717, 1.165) is 16.7 Å². The summed E-state index contributed by atoms with van der Waals surface area (Å²) < 4.78 is 47.0. The lowest BCUT2D eigenvalue weighted by Crippen LogP contribution is -2.34. The molecule has 2 unspecified atom stereocenters. The third kappa shape index (κ3) is 6.31. The van der Waals surface area contributed by atoms with E-state index in [-0.39, 0.29) is 29.6 Å². The molecule has 0 amide bonds. The first-order valence-electron chi connectivity index (χ1n) is 11.3. The first kappa shape index (κ1) is 25.4. The number of carbonyl (C=O) groups is 1. The van der Waals surface area contributed by atoms with Gasteiger partial charge in [0.05, 0.1) is 11.5 Å². The molecule has 0 bridgehead atoms. The van der Waals surface area contributed by atoms with E-state index in [9.17, 15) is 18.3 Å². The zero-order valence-corrected chi connectivity index (χ0v) is 20.4. The van der Waals surface area contributed by atoms with Gasteiger partial charge in [-0.1, -0.05) is 78.4 Å². The summed E-state index contributed by atoms with van der Waals surface area (Å²) in [6.07, 6.45) is -2.84. The van der Waals surface area contributed by atoms with Crippen LogP contribution in [0.25, 0.3) is 0 Å². The van der Waals surface area contributed by atoms with Crippen LogP contribution in [0.3, 0.4) is 0 Å². The summed E-state index contributed by atoms with van der Waals surface area (Å²) in [4.78, 5) is 12.6. The highest BCUT2D eigenvalue weighted by atomic mass is 32.2. The van der Waals surface area contributed by atoms with Gasteiger partial charge < -0.3 is 19.3 Å². The number of aliphatic hydroxyl groups excluding tert-OH is 1. The Labute approximate surface area is 209 Å². The smallest absolute Gasteiger partial charge is 0.378 e. The molecule has 0 fully saturated rings. The number of benzene rings is 3. The van der Waals surface area contributed by atoms with Gasteiger partial charge in [-0.2, -0.15) is 8.42 Å². The third-order valence-corrected chi connectivity index (χ3v) is 6.71. The lowest BCUT2D eigenvalue weighted by Gasteiger charge is -2.20. The molecular weight excluding hydrogens is 484 g/mol. The van der Waals surface area contributed by atoms with Gasteiger partial charge in [-0.05, 0) is 30.2 Å². The Kier molecular flexibility index (Phi) is 8.04. The molecule has 188 valence electrons. The summed E-state index contributed by atoms with van der Waals surface area (Å²) in [6, 6.07) is 24.5. The number of aliphatic hydroxyl groups is 1. The van der Waals surface area contributed by atoms with E-state index in [1.165, 1.54) is 12.1 Å². The van der Waals surface area contributed by atoms with Crippen LogP contribution in [0.4, 0.5) is 0 Å². The van der Waals surface area contributed by atoms with Gasteiger partial charge in [0.25, 0.3) is 10.1 Å². The lowest BCUT2D eigenvalue weighted by atomic mass is 10.1. The fraction of sp³-hybridized carbons (Fsp3) is 0.222. The fourth-order valence-corrected chi connectivity index (χ4v) is 4.39. The third-order valence-electron chi connectivity index (χ3n) is 5.42. The van der Waals surface area contributed by atoms with Crippen molar-refractivity contribution in [3.8, 4) is 0 Å². The normalized spacial score (nSPS) is 16.5. The van der Waals surface area contributed by atoms with Crippen molar-refractivity contribution in [3.05, 3.63) is 113 Å². The minimum absolute atomic E-state index is 0.0244. The molecule has 2 atom stereocenters. The number of esters is 1. The van der Waals surface area contributed by atoms with Gasteiger partial charge >= 0.3 is 5.97 Å². The number of hydrogen-bond donors (Lipinski definition) is 1. The largest absolute Gasteiger partial charge is 0.485 e. The lowest BCUT2D eigenvalue weighted by molar-refractivity contribution is -0.148. The van der Waals surface area contributed by atoms with Crippen molar-refractivity contribution in [3.63, 3.8) is 0 Å². The van der Waals surface area contributed by atoms with Crippen molar-refractivity contribution in [1.29, 1.82) is 0 Å². The predicted molar refractivity (Wildman–Crippen MR) is 130 cm³/mol. The summed E-state index contributed by atoms with van der Waals surface area (Å²) in [6.45, 7) is 1.33. The number of rotatable bonds is 11. The molecule has 3 aromatic rings. The SMILES string of the molecule is Cc1ccc(S(=O)(=O)OCC(O)C2OC(=O)C(OCc3ccccc3)=C2OCc2ccccc2)cc1. The Morgan fingerprint density at radius 2 is 1.42 bits per heavy atom. The molecule has 4 rings (SSSR count). The van der Waals surface area contributed by atoms with E-state index >= 15 is 0 Å². The molecule has 1 aliphatic heterocycles. The molecule has 0 aromatic heterocycles. The number of carbonyl (C=O) groups excluding carboxylic acids is 1. The maximum Gasteiger partial charge on any atom is 0.378 e. The second-order valence-corrected chi connectivity index (χ2v) is 9.80. The van der Waals surface area contributed by atoms with E-state index in [2.05, 4.69) is 0 Å². The summed E-state index contributed by atoms with van der Waals surface area (Å²) in [7, 11) is -4.14. The molecule has 0 saturated carbocycles. The molecule has 8 nitrogen and oxygen atoms in total. The van der Waals surface area contributed by atoms with Crippen molar-refractivity contribution in [2.45, 2.75) is 37.2 Å². The first-order chi connectivity index (χ1) is 17.3. The Morgan fingerprint density at radius 3 is 2.00 bits per heavy atom. The zero-order chi connectivity index (χ0) is 25.5. The highest BCUT2D eigenvalue weighted by Crippen LogP contribution is 2.29. The summed E-state index contributed by atoms with van der Waals surface area (Å²) in [5.74, 6) is -1.02. The van der Waals surface area contributed by atoms with Crippen molar-refractivity contribution in [1.82, 2.24) is 0 Å². The van der Waals surface area contributed by atoms with Gasteiger partial charge in [0, 0.05) is 0 Å². The van der Waals surface area contributed by atoms with E-state index in [1.807, 2.05) is 67.6 Å². The van der Waals surface area contributed by atoms with Crippen molar-refractivity contribution in [2.24, 2.45) is 0 Å². The number of ether oxygens (including phenoxy) is 3. The first-order valence-corrected chi connectivity index (χ1v) is 12.7. The molecule has 1 N–H and O–H groups in total. The fourth-order valence-electron chi connectivity index (χ4n) is 3.47. The van der Waals surface area contributed by atoms with Crippen LogP contribution in [-0.4, -0.2) is 38.3 Å². The summed E-state index contributed by atoms with van der Waals surface area (Å²) >= 11 is 0. The summed E-state index contributed by atoms with van der Waals surface area (Å²) in [5.41, 5.74) is 2.52. The minimum atomic E-state index is -4.14. The van der Waals surface area contributed by atoms with Crippen LogP contribution in [-0.2, 0) is 46.5 Å². The van der Waals surface area contributed by atoms with Gasteiger partial charge in [-0.15, -0.1) is 0 Å². The van der Waals surface area contributed by atoms with E-state index in [1.54, 1.807) is 12.1 Å². The highest BCUT2D eigenvalue weighted by Gasteiger charge is 2.42. The van der Waals surface area contributed by atoms with Crippen LogP contribution < -0.4 is 0 Å². The Balaban J connectivity index is 1.51. The highest BCUT2D eigenvalue weighted by molar-refractivity contribution is 7.86. The van der Waals surface area contributed by atoms with Crippen LogP contribution >= 0.6 is 0 Å². The standard InChI is InChI=1S/C27H26O8S/c1-19-12-14-22(15-13-19)36(30,31)34-18-23(28)24-25(32-16-20-8-4-2-5-9-20)26(27(29)35-24)33-17-21-10-6-3-7-11-21/h2-15,23-24,28H,16-18H2,1H3. The van der Waals surface area contributed by atoms with Crippen molar-refractivity contribution < 1.29 is 36.7 Å². The maximum absolute atomic E-state index is 12.6. The van der Waals surface area contributed by atoms with Crippen LogP contribution in [0.5, 0.6) is 0 Å². The summed E-state index contributed by atoms with van der Waals surface area (Å²) in [5, 5.41) is 10.8. The number of hydrogen-bond acceptors (Lipinski definition) is 8. The number of cyclic esters (lactones) is 1. The quantitative estimate of drug-likeness (QED) is 0.308. The number of aryl methyl sites for hydroxylation is 1. The van der Waals surface area contributed by atoms with E-state index in [4.69, 9.17) is 18.4 Å². The van der Waals surface area contributed by atoms with Crippen LogP contribution in [0.2, 0.25) is 0 Å². The Hall–Kier alpha value is -3.66. The van der Waals surface area contributed by atoms with Gasteiger partial charge in [-0.25, -0.2) is 4.79 Å². The second-order valence-electron chi connectivity index (χ2n) is 8.19. The minimum Gasteiger partial charge on any atom is -0.485 e. The Bertz CT molecular complexity index is 1300. The van der Waals surface area contributed by atoms with Crippen LogP contribution in [0.1, 0.15) is 16.7 Å². The zero-order valence-electron chi connectivity index (χ0n) is 19.6. The average molecular weight is 511 g/mol. The molecule has 1 heterocycles. The van der Waals surface area contributed by atoms with Gasteiger partial charge in [0.15, 0.2) is 11.9 Å². The van der Waals surface area contributed by atoms with Gasteiger partial charge in [0.2, 0.25) is 5.76 Å². The second kappa shape index (κ2) is 11.4. The van der Waals surface area contributed by atoms with E-state index in [0.29, 0.717) is 0 Å². The molecular formula is C27H26O8S. The van der Waals surface area contributed by atoms with Gasteiger partial charge in [-0.3, -0.25) is 4.18 Å². The maximum atomic E-state index is 12.6. The molecule has 1 aliphatic rings. The van der Waals surface area contributed by atoms with Crippen molar-refractivity contribution >= 4 is 16.1 Å². The monoisotopic (exact) mass is 510 g/mol. The van der Waals surface area contributed by atoms with Crippen molar-refractivity contribution in [2.75, 3.05) is 6.61 Å². The average Bonchev–Trinajstić information content (AvgIpc) is 3.21. The molecule has 0 aliphatic carbocycles. The molecule has 0 saturated heterocycles. The molecule has 36 heavy (non-hydrogen) atoms. The van der Waals surface area contributed by atoms with Crippen LogP contribution in [0, 0.1) is 6.92 Å². The predicted octanol–water partition coefficient (Wildman–Crippen LogP) is 3.63. The Morgan fingerprint density at radius 1 is 0.861 bits per heavy atom. The topological polar surface area (TPSA) is 108 Å². The molecule has 0 spiro atoms.